The van der Waals surface area contributed by atoms with Crippen LogP contribution in [0, 0.1) is 5.82 Å². The lowest BCUT2D eigenvalue weighted by Gasteiger charge is -2.12. The molecule has 1 aromatic heterocycles. The Morgan fingerprint density at radius 2 is 2.14 bits per heavy atom. The molecule has 1 aliphatic rings. The maximum Gasteiger partial charge on any atom is 0.146 e. The van der Waals surface area contributed by atoms with Gasteiger partial charge in [0.2, 0.25) is 0 Å². The highest BCUT2D eigenvalue weighted by Crippen LogP contribution is 2.44. The largest absolute Gasteiger partial charge is 0.257 e. The first-order valence-corrected chi connectivity index (χ1v) is 5.74. The van der Waals surface area contributed by atoms with E-state index >= 15 is 0 Å². The number of halogens is 2. The topological polar surface area (TPSA) is 12.9 Å². The second kappa shape index (κ2) is 3.61. The average Bonchev–Trinajstić information content (AvgIpc) is 2.86. The van der Waals surface area contributed by atoms with Crippen LogP contribution in [0.5, 0.6) is 0 Å². The molecule has 0 spiro atoms. The van der Waals surface area contributed by atoms with Crippen LogP contribution in [-0.4, -0.2) is 4.98 Å². The SMILES string of the molecule is CC(C)c1c(F)cnc(C2CC2)c1Br. The van der Waals surface area contributed by atoms with Gasteiger partial charge in [0.1, 0.15) is 5.82 Å². The third-order valence-corrected chi connectivity index (χ3v) is 3.41. The van der Waals surface area contributed by atoms with E-state index in [9.17, 15) is 4.39 Å². The Hall–Kier alpha value is -0.440. The van der Waals surface area contributed by atoms with Crippen LogP contribution >= 0.6 is 15.9 Å². The first-order valence-electron chi connectivity index (χ1n) is 4.95. The zero-order valence-corrected chi connectivity index (χ0v) is 9.94. The van der Waals surface area contributed by atoms with Gasteiger partial charge in [0, 0.05) is 16.0 Å². The summed E-state index contributed by atoms with van der Waals surface area (Å²) in [5.74, 6) is 0.559. The monoisotopic (exact) mass is 257 g/mol. The van der Waals surface area contributed by atoms with Gasteiger partial charge in [-0.3, -0.25) is 4.98 Å². The molecule has 0 aliphatic heterocycles. The molecule has 1 fully saturated rings. The molecular weight excluding hydrogens is 245 g/mol. The molecule has 1 nitrogen and oxygen atoms in total. The lowest BCUT2D eigenvalue weighted by atomic mass is 10.0. The van der Waals surface area contributed by atoms with Crippen molar-refractivity contribution < 1.29 is 4.39 Å². The van der Waals surface area contributed by atoms with E-state index < -0.39 is 0 Å². The molecule has 0 aromatic carbocycles. The van der Waals surface area contributed by atoms with Crippen molar-refractivity contribution in [1.29, 1.82) is 0 Å². The fourth-order valence-electron chi connectivity index (χ4n) is 1.67. The van der Waals surface area contributed by atoms with Gasteiger partial charge in [-0.1, -0.05) is 13.8 Å². The fraction of sp³-hybridized carbons (Fsp3) is 0.545. The predicted molar refractivity (Wildman–Crippen MR) is 58.0 cm³/mol. The summed E-state index contributed by atoms with van der Waals surface area (Å²) in [4.78, 5) is 4.16. The van der Waals surface area contributed by atoms with Gasteiger partial charge in [-0.25, -0.2) is 4.39 Å². The van der Waals surface area contributed by atoms with E-state index in [2.05, 4.69) is 20.9 Å². The van der Waals surface area contributed by atoms with Crippen molar-refractivity contribution in [3.8, 4) is 0 Å². The van der Waals surface area contributed by atoms with Gasteiger partial charge in [0.05, 0.1) is 11.9 Å². The summed E-state index contributed by atoms with van der Waals surface area (Å²) in [6, 6.07) is 0. The van der Waals surface area contributed by atoms with Crippen LogP contribution < -0.4 is 0 Å². The zero-order valence-electron chi connectivity index (χ0n) is 8.35. The van der Waals surface area contributed by atoms with Gasteiger partial charge in [0.25, 0.3) is 0 Å². The molecule has 1 aromatic rings. The van der Waals surface area contributed by atoms with Gasteiger partial charge in [-0.2, -0.15) is 0 Å². The standard InChI is InChI=1S/C11H13BrFN/c1-6(2)9-8(13)5-14-11(10(9)12)7-3-4-7/h5-7H,3-4H2,1-2H3. The Labute approximate surface area is 91.9 Å². The van der Waals surface area contributed by atoms with Crippen LogP contribution in [0.2, 0.25) is 0 Å². The second-order valence-electron chi connectivity index (χ2n) is 4.15. The van der Waals surface area contributed by atoms with Crippen molar-refractivity contribution in [3.05, 3.63) is 27.7 Å². The Morgan fingerprint density at radius 3 is 2.64 bits per heavy atom. The lowest BCUT2D eigenvalue weighted by Crippen LogP contribution is -2.00. The maximum atomic E-state index is 13.5. The second-order valence-corrected chi connectivity index (χ2v) is 4.94. The minimum Gasteiger partial charge on any atom is -0.257 e. The third kappa shape index (κ3) is 1.70. The number of nitrogens with zero attached hydrogens (tertiary/aromatic N) is 1. The van der Waals surface area contributed by atoms with E-state index in [0.29, 0.717) is 5.92 Å². The quantitative estimate of drug-likeness (QED) is 0.781. The van der Waals surface area contributed by atoms with Crippen LogP contribution in [-0.2, 0) is 0 Å². The highest BCUT2D eigenvalue weighted by Gasteiger charge is 2.29. The summed E-state index contributed by atoms with van der Waals surface area (Å²) in [6.45, 7) is 4.00. The molecule has 3 heteroatoms. The molecule has 2 rings (SSSR count). The lowest BCUT2D eigenvalue weighted by molar-refractivity contribution is 0.586. The molecule has 0 N–H and O–H groups in total. The van der Waals surface area contributed by atoms with Crippen LogP contribution in [0.4, 0.5) is 4.39 Å². The summed E-state index contributed by atoms with van der Waals surface area (Å²) in [5.41, 5.74) is 1.80. The molecule has 0 saturated heterocycles. The first kappa shape index (κ1) is 10.1. The van der Waals surface area contributed by atoms with Crippen molar-refractivity contribution in [1.82, 2.24) is 4.98 Å². The fourth-order valence-corrected chi connectivity index (χ4v) is 2.74. The van der Waals surface area contributed by atoms with Gasteiger partial charge in [-0.05, 0) is 34.7 Å². The zero-order chi connectivity index (χ0) is 10.3. The van der Waals surface area contributed by atoms with Crippen LogP contribution in [0.15, 0.2) is 10.7 Å². The molecule has 0 amide bonds. The minimum absolute atomic E-state index is 0.198. The van der Waals surface area contributed by atoms with Crippen molar-refractivity contribution in [2.75, 3.05) is 0 Å². The maximum absolute atomic E-state index is 13.5. The molecular formula is C11H13BrFN. The van der Waals surface area contributed by atoms with E-state index in [-0.39, 0.29) is 11.7 Å². The molecule has 1 aliphatic carbocycles. The summed E-state index contributed by atoms with van der Waals surface area (Å²) < 4.78 is 14.4. The molecule has 0 radical (unpaired) electrons. The Balaban J connectivity index is 2.50. The molecule has 0 unspecified atom stereocenters. The third-order valence-electron chi connectivity index (χ3n) is 2.58. The number of hydrogen-bond acceptors (Lipinski definition) is 1. The number of hydrogen-bond donors (Lipinski definition) is 0. The Kier molecular flexibility index (Phi) is 2.60. The van der Waals surface area contributed by atoms with Crippen molar-refractivity contribution in [2.24, 2.45) is 0 Å². The molecule has 0 bridgehead atoms. The van der Waals surface area contributed by atoms with Crippen LogP contribution in [0.1, 0.15) is 49.8 Å². The summed E-state index contributed by atoms with van der Waals surface area (Å²) >= 11 is 3.47. The van der Waals surface area contributed by atoms with Crippen molar-refractivity contribution in [3.63, 3.8) is 0 Å². The molecule has 1 heterocycles. The normalized spacial score (nSPS) is 16.4. The number of pyridine rings is 1. The number of aromatic nitrogens is 1. The molecule has 0 atom stereocenters. The van der Waals surface area contributed by atoms with Gasteiger partial charge < -0.3 is 0 Å². The van der Waals surface area contributed by atoms with Crippen LogP contribution in [0.25, 0.3) is 0 Å². The minimum atomic E-state index is -0.198. The van der Waals surface area contributed by atoms with E-state index in [1.54, 1.807) is 0 Å². The molecule has 76 valence electrons. The number of rotatable bonds is 2. The highest BCUT2D eigenvalue weighted by atomic mass is 79.9. The van der Waals surface area contributed by atoms with Crippen molar-refractivity contribution >= 4 is 15.9 Å². The molecule has 1 saturated carbocycles. The van der Waals surface area contributed by atoms with Crippen molar-refractivity contribution in [2.45, 2.75) is 38.5 Å². The highest BCUT2D eigenvalue weighted by molar-refractivity contribution is 9.10. The van der Waals surface area contributed by atoms with E-state index in [1.807, 2.05) is 13.8 Å². The van der Waals surface area contributed by atoms with E-state index in [1.165, 1.54) is 19.0 Å². The average molecular weight is 258 g/mol. The van der Waals surface area contributed by atoms with Gasteiger partial charge in [-0.15, -0.1) is 0 Å². The van der Waals surface area contributed by atoms with Gasteiger partial charge >= 0.3 is 0 Å². The predicted octanol–water partition coefficient (Wildman–Crippen LogP) is 3.98. The van der Waals surface area contributed by atoms with Gasteiger partial charge in [0.15, 0.2) is 0 Å². The summed E-state index contributed by atoms with van der Waals surface area (Å²) in [6.07, 6.45) is 3.73. The summed E-state index contributed by atoms with van der Waals surface area (Å²) in [7, 11) is 0. The van der Waals surface area contributed by atoms with Crippen LogP contribution in [0.3, 0.4) is 0 Å². The smallest absolute Gasteiger partial charge is 0.146 e. The Bertz CT molecular complexity index is 359. The Morgan fingerprint density at radius 1 is 1.50 bits per heavy atom. The molecule has 14 heavy (non-hydrogen) atoms. The summed E-state index contributed by atoms with van der Waals surface area (Å²) in [5, 5.41) is 0. The first-order chi connectivity index (χ1) is 6.61. The van der Waals surface area contributed by atoms with E-state index in [0.717, 1.165) is 15.7 Å². The van der Waals surface area contributed by atoms with E-state index in [4.69, 9.17) is 0 Å².